The third-order valence-electron chi connectivity index (χ3n) is 2.25. The molecule has 1 rings (SSSR count). The topological polar surface area (TPSA) is 58.6 Å². The number of rotatable bonds is 5. The summed E-state index contributed by atoms with van der Waals surface area (Å²) in [7, 11) is 0. The van der Waals surface area contributed by atoms with E-state index in [1.807, 2.05) is 13.8 Å². The molecule has 0 bridgehead atoms. The van der Waals surface area contributed by atoms with Gasteiger partial charge in [0, 0.05) is 6.54 Å². The molecule has 1 aliphatic heterocycles. The van der Waals surface area contributed by atoms with E-state index in [4.69, 9.17) is 9.84 Å². The van der Waals surface area contributed by atoms with Crippen molar-refractivity contribution >= 4 is 5.97 Å². The van der Waals surface area contributed by atoms with E-state index in [9.17, 15) is 4.79 Å². The van der Waals surface area contributed by atoms with Crippen molar-refractivity contribution in [1.29, 1.82) is 0 Å². The summed E-state index contributed by atoms with van der Waals surface area (Å²) in [6.45, 7) is 6.71. The van der Waals surface area contributed by atoms with Crippen LogP contribution in [0.25, 0.3) is 0 Å². The second kappa shape index (κ2) is 9.93. The second-order valence-corrected chi connectivity index (χ2v) is 3.67. The van der Waals surface area contributed by atoms with Crippen LogP contribution in [0.5, 0.6) is 0 Å². The average Bonchev–Trinajstić information content (AvgIpc) is 2.75. The molecule has 0 unspecified atom stereocenters. The summed E-state index contributed by atoms with van der Waals surface area (Å²) >= 11 is 0. The average molecular weight is 217 g/mol. The van der Waals surface area contributed by atoms with Crippen molar-refractivity contribution in [3.05, 3.63) is 0 Å². The number of aliphatic carboxylic acids is 1. The Balaban J connectivity index is 0.000000322. The molecule has 2 N–H and O–H groups in total. The van der Waals surface area contributed by atoms with Crippen LogP contribution < -0.4 is 5.32 Å². The maximum Gasteiger partial charge on any atom is 0.306 e. The molecule has 1 heterocycles. The van der Waals surface area contributed by atoms with Gasteiger partial charge in [0.05, 0.1) is 19.3 Å². The second-order valence-electron chi connectivity index (χ2n) is 3.67. The number of ether oxygens (including phenoxy) is 1. The lowest BCUT2D eigenvalue weighted by atomic mass is 9.99. The van der Waals surface area contributed by atoms with Crippen molar-refractivity contribution in [2.45, 2.75) is 39.5 Å². The summed E-state index contributed by atoms with van der Waals surface area (Å²) in [4.78, 5) is 10.5. The molecule has 4 heteroatoms. The minimum absolute atomic E-state index is 0.102. The van der Waals surface area contributed by atoms with Crippen molar-refractivity contribution in [3.8, 4) is 0 Å². The van der Waals surface area contributed by atoms with Crippen LogP contribution in [0.2, 0.25) is 0 Å². The Labute approximate surface area is 92.0 Å². The zero-order valence-corrected chi connectivity index (χ0v) is 9.79. The molecular formula is C11H23NO3. The summed E-state index contributed by atoms with van der Waals surface area (Å²) in [5.74, 6) is -0.737. The molecule has 0 amide bonds. The summed E-state index contributed by atoms with van der Waals surface area (Å²) in [5.41, 5.74) is 0. The zero-order valence-electron chi connectivity index (χ0n) is 9.79. The first-order valence-corrected chi connectivity index (χ1v) is 5.73. The molecule has 0 saturated carbocycles. The van der Waals surface area contributed by atoms with Crippen molar-refractivity contribution < 1.29 is 14.6 Å². The van der Waals surface area contributed by atoms with E-state index in [1.54, 1.807) is 0 Å². The van der Waals surface area contributed by atoms with E-state index >= 15 is 0 Å². The third-order valence-corrected chi connectivity index (χ3v) is 2.25. The first-order valence-electron chi connectivity index (χ1n) is 5.73. The van der Waals surface area contributed by atoms with Crippen molar-refractivity contribution in [2.24, 2.45) is 5.92 Å². The molecule has 90 valence electrons. The van der Waals surface area contributed by atoms with Gasteiger partial charge in [0.2, 0.25) is 0 Å². The lowest BCUT2D eigenvalue weighted by molar-refractivity contribution is -0.142. The highest BCUT2D eigenvalue weighted by Gasteiger charge is 2.13. The monoisotopic (exact) mass is 217 g/mol. The quantitative estimate of drug-likeness (QED) is 0.738. The van der Waals surface area contributed by atoms with Gasteiger partial charge in [-0.05, 0) is 12.8 Å². The van der Waals surface area contributed by atoms with Gasteiger partial charge in [-0.25, -0.2) is 0 Å². The van der Waals surface area contributed by atoms with Gasteiger partial charge < -0.3 is 9.84 Å². The van der Waals surface area contributed by atoms with Gasteiger partial charge in [-0.3, -0.25) is 10.1 Å². The molecule has 0 radical (unpaired) electrons. The van der Waals surface area contributed by atoms with Crippen LogP contribution in [-0.2, 0) is 9.53 Å². The van der Waals surface area contributed by atoms with Crippen molar-refractivity contribution in [2.75, 3.05) is 19.9 Å². The Kier molecular flexibility index (Phi) is 9.52. The van der Waals surface area contributed by atoms with E-state index in [0.29, 0.717) is 0 Å². The van der Waals surface area contributed by atoms with Crippen LogP contribution in [0.15, 0.2) is 0 Å². The first-order chi connectivity index (χ1) is 7.22. The fourth-order valence-electron chi connectivity index (χ4n) is 1.45. The van der Waals surface area contributed by atoms with Gasteiger partial charge in [0.25, 0.3) is 0 Å². The summed E-state index contributed by atoms with van der Waals surface area (Å²) in [6.07, 6.45) is 3.58. The van der Waals surface area contributed by atoms with Crippen LogP contribution in [0, 0.1) is 5.92 Å². The number of carboxylic acids is 1. The lowest BCUT2D eigenvalue weighted by Gasteiger charge is -2.07. The maximum absolute atomic E-state index is 10.5. The van der Waals surface area contributed by atoms with Crippen LogP contribution in [0.4, 0.5) is 0 Å². The van der Waals surface area contributed by atoms with E-state index in [-0.39, 0.29) is 5.92 Å². The normalized spacial score (nSPS) is 14.9. The van der Waals surface area contributed by atoms with Gasteiger partial charge in [0.1, 0.15) is 0 Å². The Morgan fingerprint density at radius 2 is 2.00 bits per heavy atom. The zero-order chi connectivity index (χ0) is 11.5. The highest BCUT2D eigenvalue weighted by atomic mass is 16.5. The molecular weight excluding hydrogens is 194 g/mol. The number of hydrogen-bond acceptors (Lipinski definition) is 3. The smallest absolute Gasteiger partial charge is 0.306 e. The maximum atomic E-state index is 10.5. The Hall–Kier alpha value is -0.610. The molecule has 0 atom stereocenters. The van der Waals surface area contributed by atoms with Gasteiger partial charge >= 0.3 is 5.97 Å². The largest absolute Gasteiger partial charge is 0.481 e. The fourth-order valence-corrected chi connectivity index (χ4v) is 1.45. The standard InChI is InChI=1S/C8H16O2.C3H7NO/c1-3-5-7(6-4-2)8(9)10;1-2-5-3-4-1/h7H,3-6H2,1-2H3,(H,9,10);4H,1-3H2. The SMILES string of the molecule is C1COCN1.CCCC(CCC)C(=O)O. The van der Waals surface area contributed by atoms with Gasteiger partial charge in [-0.1, -0.05) is 26.7 Å². The molecule has 4 nitrogen and oxygen atoms in total. The molecule has 1 fully saturated rings. The van der Waals surface area contributed by atoms with E-state index in [0.717, 1.165) is 45.6 Å². The molecule has 1 aliphatic rings. The van der Waals surface area contributed by atoms with E-state index in [2.05, 4.69) is 5.32 Å². The number of hydrogen-bond donors (Lipinski definition) is 2. The van der Waals surface area contributed by atoms with Crippen molar-refractivity contribution in [1.82, 2.24) is 5.32 Å². The number of nitrogens with one attached hydrogen (secondary N) is 1. The molecule has 15 heavy (non-hydrogen) atoms. The minimum Gasteiger partial charge on any atom is -0.481 e. The summed E-state index contributed by atoms with van der Waals surface area (Å²) < 4.78 is 4.83. The lowest BCUT2D eigenvalue weighted by Crippen LogP contribution is -2.12. The highest BCUT2D eigenvalue weighted by Crippen LogP contribution is 2.12. The van der Waals surface area contributed by atoms with Gasteiger partial charge in [-0.15, -0.1) is 0 Å². The predicted octanol–water partition coefficient (Wildman–Crippen LogP) is 1.85. The molecule has 0 aromatic heterocycles. The van der Waals surface area contributed by atoms with Crippen LogP contribution in [-0.4, -0.2) is 31.0 Å². The molecule has 0 aromatic carbocycles. The van der Waals surface area contributed by atoms with Gasteiger partial charge in [0.15, 0.2) is 0 Å². The summed E-state index contributed by atoms with van der Waals surface area (Å²) in [6, 6.07) is 0. The number of carbonyl (C=O) groups is 1. The highest BCUT2D eigenvalue weighted by molar-refractivity contribution is 5.69. The first kappa shape index (κ1) is 14.4. The van der Waals surface area contributed by atoms with Crippen LogP contribution >= 0.6 is 0 Å². The molecule has 0 aliphatic carbocycles. The molecule has 0 spiro atoms. The van der Waals surface area contributed by atoms with Crippen LogP contribution in [0.3, 0.4) is 0 Å². The molecule has 1 saturated heterocycles. The fraction of sp³-hybridized carbons (Fsp3) is 0.909. The minimum atomic E-state index is -0.635. The predicted molar refractivity (Wildman–Crippen MR) is 59.8 cm³/mol. The van der Waals surface area contributed by atoms with E-state index < -0.39 is 5.97 Å². The van der Waals surface area contributed by atoms with Crippen molar-refractivity contribution in [3.63, 3.8) is 0 Å². The van der Waals surface area contributed by atoms with E-state index in [1.165, 1.54) is 0 Å². The Morgan fingerprint density at radius 1 is 1.40 bits per heavy atom. The summed E-state index contributed by atoms with van der Waals surface area (Å²) in [5, 5.41) is 11.6. The van der Waals surface area contributed by atoms with Crippen LogP contribution in [0.1, 0.15) is 39.5 Å². The third kappa shape index (κ3) is 8.39. The Morgan fingerprint density at radius 3 is 2.20 bits per heavy atom. The van der Waals surface area contributed by atoms with Gasteiger partial charge in [-0.2, -0.15) is 0 Å². The number of carboxylic acid groups (broad SMARTS) is 1. The molecule has 0 aromatic rings. The Bertz CT molecular complexity index is 144.